The zero-order valence-electron chi connectivity index (χ0n) is 18.9. The topological polar surface area (TPSA) is 77.1 Å². The minimum Gasteiger partial charge on any atom is -0.333 e. The van der Waals surface area contributed by atoms with Gasteiger partial charge in [0, 0.05) is 48.1 Å². The van der Waals surface area contributed by atoms with Gasteiger partial charge >= 0.3 is 0 Å². The van der Waals surface area contributed by atoms with Crippen molar-refractivity contribution in [3.63, 3.8) is 0 Å². The Labute approximate surface area is 197 Å². The SMILES string of the molecule is Cc1ccc(C(=O)Nc2ccc(Cn3ccnc3)c(C)c2)cc1C#Cc1cnc2cnccn12. The summed E-state index contributed by atoms with van der Waals surface area (Å²) >= 11 is 0. The highest BCUT2D eigenvalue weighted by molar-refractivity contribution is 6.04. The van der Waals surface area contributed by atoms with Crippen molar-refractivity contribution in [3.8, 4) is 11.8 Å². The molecule has 0 aliphatic heterocycles. The lowest BCUT2D eigenvalue weighted by Gasteiger charge is -2.11. The third-order valence-electron chi connectivity index (χ3n) is 5.65. The number of carbonyl (C=O) groups excluding carboxylic acids is 1. The van der Waals surface area contributed by atoms with E-state index in [1.807, 2.05) is 71.6 Å². The molecule has 0 bridgehead atoms. The minimum absolute atomic E-state index is 0.175. The van der Waals surface area contributed by atoms with E-state index < -0.39 is 0 Å². The summed E-state index contributed by atoms with van der Waals surface area (Å²) in [6.07, 6.45) is 12.4. The lowest BCUT2D eigenvalue weighted by atomic mass is 10.0. The van der Waals surface area contributed by atoms with E-state index in [4.69, 9.17) is 0 Å². The van der Waals surface area contributed by atoms with E-state index in [-0.39, 0.29) is 5.91 Å². The summed E-state index contributed by atoms with van der Waals surface area (Å²) in [5.74, 6) is 6.17. The van der Waals surface area contributed by atoms with Gasteiger partial charge in [0.2, 0.25) is 0 Å². The van der Waals surface area contributed by atoms with Crippen LogP contribution in [-0.2, 0) is 6.54 Å². The first-order chi connectivity index (χ1) is 16.6. The second kappa shape index (κ2) is 9.04. The molecule has 0 radical (unpaired) electrons. The van der Waals surface area contributed by atoms with Crippen LogP contribution in [0.2, 0.25) is 0 Å². The van der Waals surface area contributed by atoms with E-state index in [2.05, 4.69) is 32.1 Å². The fourth-order valence-electron chi connectivity index (χ4n) is 3.70. The van der Waals surface area contributed by atoms with Crippen LogP contribution >= 0.6 is 0 Å². The smallest absolute Gasteiger partial charge is 0.255 e. The van der Waals surface area contributed by atoms with Crippen molar-refractivity contribution >= 4 is 17.2 Å². The van der Waals surface area contributed by atoms with E-state index in [1.165, 1.54) is 5.56 Å². The first-order valence-electron chi connectivity index (χ1n) is 10.8. The Balaban J connectivity index is 1.34. The number of anilines is 1. The summed E-state index contributed by atoms with van der Waals surface area (Å²) in [5.41, 5.74) is 6.88. The monoisotopic (exact) mass is 446 g/mol. The molecular formula is C27H22N6O. The number of carbonyl (C=O) groups is 1. The van der Waals surface area contributed by atoms with Gasteiger partial charge in [0.1, 0.15) is 5.69 Å². The van der Waals surface area contributed by atoms with Gasteiger partial charge in [-0.3, -0.25) is 14.2 Å². The average molecular weight is 447 g/mol. The molecule has 0 fully saturated rings. The third kappa shape index (κ3) is 4.43. The van der Waals surface area contributed by atoms with Crippen molar-refractivity contribution in [2.24, 2.45) is 0 Å². The van der Waals surface area contributed by atoms with Crippen LogP contribution in [0.5, 0.6) is 0 Å². The highest BCUT2D eigenvalue weighted by Gasteiger charge is 2.10. The number of nitrogens with one attached hydrogen (secondary N) is 1. The molecule has 5 rings (SSSR count). The number of benzene rings is 2. The van der Waals surface area contributed by atoms with Crippen molar-refractivity contribution in [2.75, 3.05) is 5.32 Å². The average Bonchev–Trinajstić information content (AvgIpc) is 3.50. The van der Waals surface area contributed by atoms with Crippen LogP contribution < -0.4 is 5.32 Å². The van der Waals surface area contributed by atoms with E-state index in [0.717, 1.165) is 40.3 Å². The van der Waals surface area contributed by atoms with E-state index in [1.54, 1.807) is 31.1 Å². The number of aromatic nitrogens is 5. The molecule has 0 spiro atoms. The van der Waals surface area contributed by atoms with Gasteiger partial charge in [-0.2, -0.15) is 0 Å². The quantitative estimate of drug-likeness (QED) is 0.419. The number of nitrogens with zero attached hydrogens (tertiary/aromatic N) is 5. The molecule has 1 N–H and O–H groups in total. The van der Waals surface area contributed by atoms with Crippen molar-refractivity contribution in [3.05, 3.63) is 113 Å². The molecule has 3 aromatic heterocycles. The Morgan fingerprint density at radius 2 is 1.85 bits per heavy atom. The molecule has 0 aliphatic carbocycles. The lowest BCUT2D eigenvalue weighted by molar-refractivity contribution is 0.102. The van der Waals surface area contributed by atoms with Crippen LogP contribution in [0.1, 0.15) is 38.3 Å². The number of amides is 1. The molecule has 2 aromatic carbocycles. The molecule has 0 atom stereocenters. The first kappa shape index (κ1) is 21.2. The highest BCUT2D eigenvalue weighted by Crippen LogP contribution is 2.18. The van der Waals surface area contributed by atoms with Gasteiger partial charge < -0.3 is 9.88 Å². The molecule has 7 heteroatoms. The van der Waals surface area contributed by atoms with Crippen molar-refractivity contribution in [1.82, 2.24) is 23.9 Å². The summed E-state index contributed by atoms with van der Waals surface area (Å²) in [7, 11) is 0. The van der Waals surface area contributed by atoms with Crippen LogP contribution in [0.3, 0.4) is 0 Å². The zero-order chi connectivity index (χ0) is 23.5. The maximum absolute atomic E-state index is 12.9. The molecule has 166 valence electrons. The Kier molecular flexibility index (Phi) is 5.63. The second-order valence-electron chi connectivity index (χ2n) is 8.06. The molecule has 0 unspecified atom stereocenters. The Morgan fingerprint density at radius 1 is 0.971 bits per heavy atom. The lowest BCUT2D eigenvalue weighted by Crippen LogP contribution is -2.12. The molecule has 1 amide bonds. The number of hydrogen-bond donors (Lipinski definition) is 1. The van der Waals surface area contributed by atoms with Gasteiger partial charge in [0.05, 0.1) is 18.7 Å². The van der Waals surface area contributed by atoms with Crippen molar-refractivity contribution < 1.29 is 4.79 Å². The van der Waals surface area contributed by atoms with Crippen LogP contribution in [0.25, 0.3) is 5.65 Å². The van der Waals surface area contributed by atoms with E-state index in [9.17, 15) is 4.79 Å². The predicted molar refractivity (Wildman–Crippen MR) is 131 cm³/mol. The fraction of sp³-hybridized carbons (Fsp3) is 0.111. The third-order valence-corrected chi connectivity index (χ3v) is 5.65. The van der Waals surface area contributed by atoms with Gasteiger partial charge in [-0.1, -0.05) is 18.1 Å². The van der Waals surface area contributed by atoms with Crippen molar-refractivity contribution in [1.29, 1.82) is 0 Å². The number of imidazole rings is 2. The van der Waals surface area contributed by atoms with Gasteiger partial charge in [-0.25, -0.2) is 9.97 Å². The molecule has 0 aliphatic rings. The maximum atomic E-state index is 12.9. The Morgan fingerprint density at radius 3 is 2.68 bits per heavy atom. The standard InChI is InChI=1S/C27H22N6O/c1-19-3-4-22(14-21(19)6-8-25-15-30-26-16-28-10-12-33(25)26)27(34)31-24-7-5-23(20(2)13-24)17-32-11-9-29-18-32/h3-5,7,9-16,18H,17H2,1-2H3,(H,31,34). The van der Waals surface area contributed by atoms with Crippen LogP contribution in [-0.4, -0.2) is 29.8 Å². The highest BCUT2D eigenvalue weighted by atomic mass is 16.1. The molecule has 34 heavy (non-hydrogen) atoms. The first-order valence-corrected chi connectivity index (χ1v) is 10.8. The zero-order valence-corrected chi connectivity index (χ0v) is 18.9. The number of hydrogen-bond acceptors (Lipinski definition) is 4. The normalized spacial score (nSPS) is 10.6. The van der Waals surface area contributed by atoms with Gasteiger partial charge in [0.25, 0.3) is 5.91 Å². The molecular weight excluding hydrogens is 424 g/mol. The minimum atomic E-state index is -0.175. The summed E-state index contributed by atoms with van der Waals surface area (Å²) in [6, 6.07) is 11.5. The van der Waals surface area contributed by atoms with Gasteiger partial charge in [-0.15, -0.1) is 0 Å². The Hall–Kier alpha value is -4.70. The Bertz CT molecular complexity index is 1550. The number of aryl methyl sites for hydroxylation is 2. The predicted octanol–water partition coefficient (Wildman–Crippen LogP) is 4.24. The molecule has 5 aromatic rings. The molecule has 0 saturated heterocycles. The molecule has 7 nitrogen and oxygen atoms in total. The molecule has 0 saturated carbocycles. The van der Waals surface area contributed by atoms with E-state index in [0.29, 0.717) is 5.56 Å². The number of fused-ring (bicyclic) bond motifs is 1. The summed E-state index contributed by atoms with van der Waals surface area (Å²) in [4.78, 5) is 25.4. The van der Waals surface area contributed by atoms with E-state index >= 15 is 0 Å². The van der Waals surface area contributed by atoms with Crippen LogP contribution in [0.15, 0.2) is 79.9 Å². The fourth-order valence-corrected chi connectivity index (χ4v) is 3.70. The molecule has 3 heterocycles. The second-order valence-corrected chi connectivity index (χ2v) is 8.06. The van der Waals surface area contributed by atoms with Crippen molar-refractivity contribution in [2.45, 2.75) is 20.4 Å². The van der Waals surface area contributed by atoms with Gasteiger partial charge in [0.15, 0.2) is 5.65 Å². The van der Waals surface area contributed by atoms with Crippen LogP contribution in [0.4, 0.5) is 5.69 Å². The number of rotatable bonds is 4. The summed E-state index contributed by atoms with van der Waals surface area (Å²) in [6.45, 7) is 4.76. The summed E-state index contributed by atoms with van der Waals surface area (Å²) in [5, 5.41) is 3.00. The largest absolute Gasteiger partial charge is 0.333 e. The maximum Gasteiger partial charge on any atom is 0.255 e. The van der Waals surface area contributed by atoms with Crippen LogP contribution in [0, 0.1) is 25.7 Å². The van der Waals surface area contributed by atoms with Gasteiger partial charge in [-0.05, 0) is 60.7 Å². The summed E-state index contributed by atoms with van der Waals surface area (Å²) < 4.78 is 3.89.